The van der Waals surface area contributed by atoms with Crippen molar-refractivity contribution >= 4 is 27.5 Å². The Kier molecular flexibility index (Phi) is 4.07. The zero-order valence-electron chi connectivity index (χ0n) is 13.4. The van der Waals surface area contributed by atoms with Gasteiger partial charge in [0, 0.05) is 6.54 Å². The minimum atomic E-state index is -0.342. The standard InChI is InChI=1S/C18H22N2O2S/c1-12(22-11-13-8-9-13)18(21)20-10-4-6-15(20)17-19-14-5-2-3-7-16(14)23-17/h2-3,5,7,12-13,15H,4,6,8-11H2,1H3/t12-,15-/m1/s1. The van der Waals surface area contributed by atoms with Crippen molar-refractivity contribution in [1.29, 1.82) is 0 Å². The number of thiazole rings is 1. The van der Waals surface area contributed by atoms with Gasteiger partial charge in [-0.2, -0.15) is 0 Å². The van der Waals surface area contributed by atoms with Crippen molar-refractivity contribution in [3.63, 3.8) is 0 Å². The lowest BCUT2D eigenvalue weighted by molar-refractivity contribution is -0.143. The van der Waals surface area contributed by atoms with Gasteiger partial charge in [-0.15, -0.1) is 11.3 Å². The average molecular weight is 330 g/mol. The molecule has 1 amide bonds. The molecule has 1 aliphatic carbocycles. The Morgan fingerprint density at radius 3 is 3.00 bits per heavy atom. The van der Waals surface area contributed by atoms with Crippen LogP contribution in [0.5, 0.6) is 0 Å². The molecule has 5 heteroatoms. The second-order valence-electron chi connectivity index (χ2n) is 6.63. The lowest BCUT2D eigenvalue weighted by Gasteiger charge is -2.26. The van der Waals surface area contributed by atoms with Crippen LogP contribution in [0.15, 0.2) is 24.3 Å². The molecular formula is C18H22N2O2S. The third-order valence-electron chi connectivity index (χ3n) is 4.76. The first kappa shape index (κ1) is 15.1. The number of rotatable bonds is 5. The van der Waals surface area contributed by atoms with E-state index in [4.69, 9.17) is 9.72 Å². The van der Waals surface area contributed by atoms with E-state index in [0.29, 0.717) is 5.92 Å². The third kappa shape index (κ3) is 3.12. The molecule has 1 aliphatic heterocycles. The maximum absolute atomic E-state index is 12.8. The summed E-state index contributed by atoms with van der Waals surface area (Å²) in [6, 6.07) is 8.30. The molecule has 0 radical (unpaired) electrons. The Labute approximate surface area is 140 Å². The SMILES string of the molecule is C[C@@H](OCC1CC1)C(=O)N1CCC[C@@H]1c1nc2ccccc2s1. The minimum Gasteiger partial charge on any atom is -0.368 e. The monoisotopic (exact) mass is 330 g/mol. The largest absolute Gasteiger partial charge is 0.368 e. The maximum Gasteiger partial charge on any atom is 0.252 e. The molecule has 2 aliphatic rings. The van der Waals surface area contributed by atoms with E-state index in [0.717, 1.165) is 36.5 Å². The van der Waals surface area contributed by atoms with Gasteiger partial charge in [0.1, 0.15) is 11.1 Å². The van der Waals surface area contributed by atoms with Crippen molar-refractivity contribution in [1.82, 2.24) is 9.88 Å². The van der Waals surface area contributed by atoms with Gasteiger partial charge in [-0.1, -0.05) is 12.1 Å². The fourth-order valence-electron chi connectivity index (χ4n) is 3.19. The second kappa shape index (κ2) is 6.21. The van der Waals surface area contributed by atoms with Crippen LogP contribution in [0.25, 0.3) is 10.2 Å². The zero-order valence-corrected chi connectivity index (χ0v) is 14.2. The summed E-state index contributed by atoms with van der Waals surface area (Å²) in [5, 5.41) is 1.06. The predicted octanol–water partition coefficient (Wildman–Crippen LogP) is 3.77. The molecular weight excluding hydrogens is 308 g/mol. The zero-order chi connectivity index (χ0) is 15.8. The molecule has 23 heavy (non-hydrogen) atoms. The van der Waals surface area contributed by atoms with Crippen LogP contribution in [-0.2, 0) is 9.53 Å². The molecule has 2 fully saturated rings. The van der Waals surface area contributed by atoms with Gasteiger partial charge in [0.2, 0.25) is 0 Å². The lowest BCUT2D eigenvalue weighted by atomic mass is 10.2. The topological polar surface area (TPSA) is 42.4 Å². The van der Waals surface area contributed by atoms with E-state index in [1.54, 1.807) is 11.3 Å². The Hall–Kier alpha value is -1.46. The molecule has 0 bridgehead atoms. The fourth-order valence-corrected chi connectivity index (χ4v) is 4.30. The van der Waals surface area contributed by atoms with Crippen molar-refractivity contribution < 1.29 is 9.53 Å². The quantitative estimate of drug-likeness (QED) is 0.838. The first-order chi connectivity index (χ1) is 11.2. The number of fused-ring (bicyclic) bond motifs is 1. The van der Waals surface area contributed by atoms with Crippen LogP contribution in [0.1, 0.15) is 43.7 Å². The molecule has 0 spiro atoms. The second-order valence-corrected chi connectivity index (χ2v) is 7.69. The summed E-state index contributed by atoms with van der Waals surface area (Å²) < 4.78 is 6.97. The minimum absolute atomic E-state index is 0.117. The van der Waals surface area contributed by atoms with Crippen molar-refractivity contribution in [2.24, 2.45) is 5.92 Å². The highest BCUT2D eigenvalue weighted by Crippen LogP contribution is 2.37. The van der Waals surface area contributed by atoms with Crippen LogP contribution in [0.4, 0.5) is 0 Å². The van der Waals surface area contributed by atoms with Crippen molar-refractivity contribution in [3.05, 3.63) is 29.3 Å². The van der Waals surface area contributed by atoms with E-state index in [1.165, 1.54) is 17.5 Å². The van der Waals surface area contributed by atoms with Crippen LogP contribution in [0, 0.1) is 5.92 Å². The molecule has 1 saturated carbocycles. The highest BCUT2D eigenvalue weighted by atomic mass is 32.1. The van der Waals surface area contributed by atoms with E-state index in [-0.39, 0.29) is 18.1 Å². The number of hydrogen-bond donors (Lipinski definition) is 0. The molecule has 2 heterocycles. The third-order valence-corrected chi connectivity index (χ3v) is 5.90. The summed E-state index contributed by atoms with van der Waals surface area (Å²) in [7, 11) is 0. The Bertz CT molecular complexity index is 677. The first-order valence-electron chi connectivity index (χ1n) is 8.50. The smallest absolute Gasteiger partial charge is 0.252 e. The number of hydrogen-bond acceptors (Lipinski definition) is 4. The number of amides is 1. The molecule has 4 nitrogen and oxygen atoms in total. The number of ether oxygens (including phenoxy) is 1. The number of para-hydroxylation sites is 1. The molecule has 4 rings (SSSR count). The summed E-state index contributed by atoms with van der Waals surface area (Å²) >= 11 is 1.71. The number of carbonyl (C=O) groups is 1. The van der Waals surface area contributed by atoms with E-state index in [1.807, 2.05) is 30.0 Å². The van der Waals surface area contributed by atoms with Gasteiger partial charge < -0.3 is 9.64 Å². The number of benzene rings is 1. The maximum atomic E-state index is 12.8. The highest BCUT2D eigenvalue weighted by molar-refractivity contribution is 7.18. The van der Waals surface area contributed by atoms with Gasteiger partial charge in [0.15, 0.2) is 0 Å². The fraction of sp³-hybridized carbons (Fsp3) is 0.556. The number of aromatic nitrogens is 1. The van der Waals surface area contributed by atoms with Crippen molar-refractivity contribution in [2.75, 3.05) is 13.2 Å². The summed E-state index contributed by atoms with van der Waals surface area (Å²) in [5.41, 5.74) is 1.03. The van der Waals surface area contributed by atoms with Gasteiger partial charge in [0.25, 0.3) is 5.91 Å². The van der Waals surface area contributed by atoms with E-state index < -0.39 is 0 Å². The van der Waals surface area contributed by atoms with Crippen molar-refractivity contribution in [3.8, 4) is 0 Å². The van der Waals surface area contributed by atoms with Crippen LogP contribution in [-0.4, -0.2) is 35.0 Å². The molecule has 1 aromatic carbocycles. The normalized spacial score (nSPS) is 22.7. The van der Waals surface area contributed by atoms with Crippen molar-refractivity contribution in [2.45, 2.75) is 44.8 Å². The lowest BCUT2D eigenvalue weighted by Crippen LogP contribution is -2.38. The van der Waals surface area contributed by atoms with Gasteiger partial charge >= 0.3 is 0 Å². The van der Waals surface area contributed by atoms with E-state index >= 15 is 0 Å². The molecule has 2 aromatic rings. The highest BCUT2D eigenvalue weighted by Gasteiger charge is 2.35. The molecule has 2 atom stereocenters. The van der Waals surface area contributed by atoms with Gasteiger partial charge in [-0.25, -0.2) is 4.98 Å². The van der Waals surface area contributed by atoms with Crippen LogP contribution < -0.4 is 0 Å². The predicted molar refractivity (Wildman–Crippen MR) is 91.4 cm³/mol. The number of likely N-dealkylation sites (tertiary alicyclic amines) is 1. The Balaban J connectivity index is 1.49. The van der Waals surface area contributed by atoms with Gasteiger partial charge in [-0.3, -0.25) is 4.79 Å². The Morgan fingerprint density at radius 1 is 1.39 bits per heavy atom. The van der Waals surface area contributed by atoms with Gasteiger partial charge in [0.05, 0.1) is 22.9 Å². The summed E-state index contributed by atoms with van der Waals surface area (Å²) in [4.78, 5) is 19.5. The summed E-state index contributed by atoms with van der Waals surface area (Å²) in [6.45, 7) is 3.43. The Morgan fingerprint density at radius 2 is 2.22 bits per heavy atom. The summed E-state index contributed by atoms with van der Waals surface area (Å²) in [6.07, 6.45) is 4.20. The van der Waals surface area contributed by atoms with Crippen LogP contribution in [0.2, 0.25) is 0 Å². The van der Waals surface area contributed by atoms with Gasteiger partial charge in [-0.05, 0) is 50.7 Å². The molecule has 1 saturated heterocycles. The number of carbonyl (C=O) groups excluding carboxylic acids is 1. The average Bonchev–Trinajstić information content (AvgIpc) is 3.10. The van der Waals surface area contributed by atoms with E-state index in [9.17, 15) is 4.79 Å². The van der Waals surface area contributed by atoms with Crippen LogP contribution >= 0.6 is 11.3 Å². The molecule has 0 unspecified atom stereocenters. The van der Waals surface area contributed by atoms with E-state index in [2.05, 4.69) is 6.07 Å². The molecule has 122 valence electrons. The molecule has 0 N–H and O–H groups in total. The number of nitrogens with zero attached hydrogens (tertiary/aromatic N) is 2. The summed E-state index contributed by atoms with van der Waals surface area (Å²) in [5.74, 6) is 0.802. The first-order valence-corrected chi connectivity index (χ1v) is 9.31. The molecule has 1 aromatic heterocycles. The van der Waals surface area contributed by atoms with Crippen LogP contribution in [0.3, 0.4) is 0 Å².